The Bertz CT molecular complexity index is 604. The molecule has 0 N–H and O–H groups in total. The zero-order valence-corrected chi connectivity index (χ0v) is 10.2. The Morgan fingerprint density at radius 1 is 1.15 bits per heavy atom. The highest BCUT2D eigenvalue weighted by atomic mass is 32.2. The van der Waals surface area contributed by atoms with Gasteiger partial charge in [-0.15, -0.1) is 0 Å². The smallest absolute Gasteiger partial charge is 0.465 e. The molecule has 0 aromatic carbocycles. The molecule has 0 aliphatic carbocycles. The molecule has 1 aromatic heterocycles. The van der Waals surface area contributed by atoms with E-state index in [-0.39, 0.29) is 11.8 Å². The second-order valence-electron chi connectivity index (χ2n) is 3.35. The third-order valence-corrected chi connectivity index (χ3v) is 3.48. The highest BCUT2D eigenvalue weighted by Gasteiger charge is 2.56. The molecule has 0 spiro atoms. The van der Waals surface area contributed by atoms with E-state index in [0.717, 1.165) is 6.08 Å². The van der Waals surface area contributed by atoms with Crippen molar-refractivity contribution < 1.29 is 39.2 Å². The lowest BCUT2D eigenvalue weighted by Crippen LogP contribution is -2.31. The summed E-state index contributed by atoms with van der Waals surface area (Å²) in [6, 6.07) is 2.70. The van der Waals surface area contributed by atoms with Gasteiger partial charge in [0, 0.05) is 0 Å². The van der Waals surface area contributed by atoms with Crippen LogP contribution in [0.5, 0.6) is 0 Å². The molecule has 0 radical (unpaired) electrons. The molecule has 0 aliphatic heterocycles. The molecule has 0 fully saturated rings. The number of rotatable bonds is 3. The molecule has 1 heterocycles. The van der Waals surface area contributed by atoms with Gasteiger partial charge in [-0.2, -0.15) is 26.3 Å². The van der Waals surface area contributed by atoms with Gasteiger partial charge in [0.2, 0.25) is 0 Å². The summed E-state index contributed by atoms with van der Waals surface area (Å²) in [5, 5.41) is 0. The van der Waals surface area contributed by atoms with Crippen molar-refractivity contribution in [3.05, 3.63) is 41.2 Å². The second kappa shape index (κ2) is 5.35. The monoisotopic (exact) mass is 320 g/mol. The Labute approximate surface area is 109 Å². The number of hydrogen-bond acceptors (Lipinski definition) is 3. The maximum Gasteiger partial charge on any atom is 0.501 e. The average Bonchev–Trinajstić information content (AvgIpc) is 2.73. The molecule has 0 bridgehead atoms. The first kappa shape index (κ1) is 16.3. The average molecular weight is 320 g/mol. The molecule has 3 nitrogen and oxygen atoms in total. The van der Waals surface area contributed by atoms with Crippen molar-refractivity contribution in [1.82, 2.24) is 0 Å². The van der Waals surface area contributed by atoms with Gasteiger partial charge in [0.25, 0.3) is 9.84 Å². The van der Waals surface area contributed by atoms with Gasteiger partial charge >= 0.3 is 11.7 Å². The van der Waals surface area contributed by atoms with E-state index in [0.29, 0.717) is 6.08 Å². The molecule has 0 saturated carbocycles. The number of hydrogen-bond donors (Lipinski definition) is 0. The predicted molar refractivity (Wildman–Crippen MR) is 56.9 cm³/mol. The molecule has 0 amide bonds. The Balaban J connectivity index is 3.22. The topological polar surface area (TPSA) is 47.3 Å². The van der Waals surface area contributed by atoms with Gasteiger partial charge in [-0.05, 0) is 24.3 Å². The maximum absolute atomic E-state index is 12.4. The van der Waals surface area contributed by atoms with Crippen LogP contribution in [0.4, 0.5) is 26.3 Å². The van der Waals surface area contributed by atoms with E-state index in [1.165, 1.54) is 18.4 Å². The van der Waals surface area contributed by atoms with Crippen LogP contribution in [-0.2, 0) is 9.84 Å². The predicted octanol–water partition coefficient (Wildman–Crippen LogP) is 3.67. The zero-order valence-electron chi connectivity index (χ0n) is 9.36. The molecule has 0 atom stereocenters. The summed E-state index contributed by atoms with van der Waals surface area (Å²) in [5.41, 5.74) is -6.03. The van der Waals surface area contributed by atoms with E-state index in [2.05, 4.69) is 4.42 Å². The first-order chi connectivity index (χ1) is 8.96. The van der Waals surface area contributed by atoms with Crippen molar-refractivity contribution in [3.8, 4) is 0 Å². The zero-order chi connectivity index (χ0) is 15.6. The third-order valence-electron chi connectivity index (χ3n) is 1.92. The van der Waals surface area contributed by atoms with Crippen LogP contribution < -0.4 is 0 Å². The Kier molecular flexibility index (Phi) is 4.37. The number of furan rings is 1. The van der Waals surface area contributed by atoms with Gasteiger partial charge in [-0.1, -0.05) is 6.08 Å². The van der Waals surface area contributed by atoms with Crippen LogP contribution in [0, 0.1) is 0 Å². The molecule has 0 unspecified atom stereocenters. The number of alkyl halides is 6. The van der Waals surface area contributed by atoms with Crippen molar-refractivity contribution >= 4 is 15.9 Å². The first-order valence-corrected chi connectivity index (χ1v) is 6.25. The van der Waals surface area contributed by atoms with Crippen LogP contribution in [0.25, 0.3) is 6.08 Å². The Hall–Kier alpha value is -1.71. The van der Waals surface area contributed by atoms with Crippen LogP contribution in [0.1, 0.15) is 5.76 Å². The summed E-state index contributed by atoms with van der Waals surface area (Å²) in [6.07, 6.45) is -3.27. The van der Waals surface area contributed by atoms with Crippen LogP contribution in [-0.4, -0.2) is 20.1 Å². The summed E-state index contributed by atoms with van der Waals surface area (Å²) in [5.74, 6) is 0.0483. The molecular formula is C10H6F6O3S. The highest BCUT2D eigenvalue weighted by molar-refractivity contribution is 7.96. The van der Waals surface area contributed by atoms with Gasteiger partial charge < -0.3 is 4.42 Å². The molecule has 0 saturated heterocycles. The minimum absolute atomic E-state index is 0.0483. The summed E-state index contributed by atoms with van der Waals surface area (Å²) in [6.45, 7) is 0. The van der Waals surface area contributed by atoms with E-state index >= 15 is 0 Å². The Morgan fingerprint density at radius 3 is 2.15 bits per heavy atom. The molecule has 1 aromatic rings. The van der Waals surface area contributed by atoms with Crippen molar-refractivity contribution in [2.45, 2.75) is 11.7 Å². The van der Waals surface area contributed by atoms with E-state index in [9.17, 15) is 34.8 Å². The lowest BCUT2D eigenvalue weighted by Gasteiger charge is -2.13. The van der Waals surface area contributed by atoms with Crippen molar-refractivity contribution in [2.75, 3.05) is 0 Å². The molecular weight excluding hydrogens is 314 g/mol. The van der Waals surface area contributed by atoms with Crippen molar-refractivity contribution in [1.29, 1.82) is 0 Å². The lowest BCUT2D eigenvalue weighted by atomic mass is 10.3. The van der Waals surface area contributed by atoms with Gasteiger partial charge in [0.05, 0.1) is 6.26 Å². The second-order valence-corrected chi connectivity index (χ2v) is 5.26. The highest BCUT2D eigenvalue weighted by Crippen LogP contribution is 2.38. The van der Waals surface area contributed by atoms with E-state index in [1.54, 1.807) is 0 Å². The molecule has 1 rings (SSSR count). The van der Waals surface area contributed by atoms with Crippen molar-refractivity contribution in [3.63, 3.8) is 0 Å². The van der Waals surface area contributed by atoms with Gasteiger partial charge in [-0.25, -0.2) is 8.42 Å². The Morgan fingerprint density at radius 2 is 1.75 bits per heavy atom. The molecule has 0 aliphatic rings. The minimum Gasteiger partial charge on any atom is -0.465 e. The fourth-order valence-electron chi connectivity index (χ4n) is 1.08. The maximum atomic E-state index is 12.4. The summed E-state index contributed by atoms with van der Waals surface area (Å²) in [7, 11) is -6.48. The molecule has 112 valence electrons. The van der Waals surface area contributed by atoms with E-state index in [1.807, 2.05) is 0 Å². The van der Waals surface area contributed by atoms with E-state index in [4.69, 9.17) is 0 Å². The van der Waals surface area contributed by atoms with Crippen LogP contribution in [0.15, 0.2) is 39.9 Å². The van der Waals surface area contributed by atoms with Crippen LogP contribution >= 0.6 is 0 Å². The van der Waals surface area contributed by atoms with Gasteiger partial charge in [0.1, 0.15) is 5.76 Å². The summed E-state index contributed by atoms with van der Waals surface area (Å²) in [4.78, 5) is -2.69. The first-order valence-electron chi connectivity index (χ1n) is 4.76. The lowest BCUT2D eigenvalue weighted by molar-refractivity contribution is -0.0893. The van der Waals surface area contributed by atoms with Crippen molar-refractivity contribution in [2.24, 2.45) is 0 Å². The van der Waals surface area contributed by atoms with Gasteiger partial charge in [0.15, 0.2) is 4.91 Å². The van der Waals surface area contributed by atoms with Crippen LogP contribution in [0.2, 0.25) is 0 Å². The number of halogens is 6. The fraction of sp³-hybridized carbons (Fsp3) is 0.200. The minimum atomic E-state index is -6.48. The SMILES string of the molecule is O=S(=O)(C(=CC=Cc1ccco1)C(F)(F)F)C(F)(F)F. The van der Waals surface area contributed by atoms with Gasteiger partial charge in [-0.3, -0.25) is 0 Å². The summed E-state index contributed by atoms with van der Waals surface area (Å²) < 4.78 is 100.0. The largest absolute Gasteiger partial charge is 0.501 e. The third kappa shape index (κ3) is 3.65. The molecule has 20 heavy (non-hydrogen) atoms. The molecule has 10 heteroatoms. The quantitative estimate of drug-likeness (QED) is 0.630. The normalized spacial score (nSPS) is 15.0. The standard InChI is InChI=1S/C10H6F6O3S/c11-9(12,13)8(20(17,18)10(14,15)16)5-1-3-7-4-2-6-19-7/h1-6H. The fourth-order valence-corrected chi connectivity index (χ4v) is 1.89. The number of allylic oxidation sites excluding steroid dienone is 3. The van der Waals surface area contributed by atoms with Crippen LogP contribution in [0.3, 0.4) is 0 Å². The van der Waals surface area contributed by atoms with E-state index < -0.39 is 26.4 Å². The number of sulfone groups is 1. The summed E-state index contributed by atoms with van der Waals surface area (Å²) >= 11 is 0.